The Morgan fingerprint density at radius 3 is 2.45 bits per heavy atom. The summed E-state index contributed by atoms with van der Waals surface area (Å²) in [4.78, 5) is 10.8. The van der Waals surface area contributed by atoms with Crippen LogP contribution < -0.4 is 5.32 Å². The number of rotatable bonds is 4. The molecule has 2 aliphatic rings. The van der Waals surface area contributed by atoms with Crippen LogP contribution in [0.3, 0.4) is 0 Å². The van der Waals surface area contributed by atoms with Gasteiger partial charge in [-0.3, -0.25) is 0 Å². The van der Waals surface area contributed by atoms with E-state index >= 15 is 0 Å². The molecule has 1 unspecified atom stereocenters. The van der Waals surface area contributed by atoms with E-state index in [9.17, 15) is 4.79 Å². The van der Waals surface area contributed by atoms with Crippen LogP contribution in [0.2, 0.25) is 0 Å². The lowest BCUT2D eigenvalue weighted by molar-refractivity contribution is 0.0697. The first-order valence-corrected chi connectivity index (χ1v) is 7.75. The molecule has 2 saturated carbocycles. The Bertz CT molecular complexity index is 469. The van der Waals surface area contributed by atoms with Gasteiger partial charge in [0.25, 0.3) is 0 Å². The van der Waals surface area contributed by atoms with Crippen LogP contribution >= 0.6 is 0 Å². The highest BCUT2D eigenvalue weighted by molar-refractivity contribution is 5.87. The van der Waals surface area contributed by atoms with Gasteiger partial charge >= 0.3 is 5.97 Å². The maximum absolute atomic E-state index is 10.8. The van der Waals surface area contributed by atoms with Gasteiger partial charge in [0.05, 0.1) is 5.56 Å². The Morgan fingerprint density at radius 1 is 1.15 bits per heavy atom. The predicted molar refractivity (Wildman–Crippen MR) is 78.8 cm³/mol. The Labute approximate surface area is 120 Å². The van der Waals surface area contributed by atoms with Crippen LogP contribution in [0, 0.1) is 5.41 Å². The van der Waals surface area contributed by atoms with E-state index in [0.717, 1.165) is 6.54 Å². The molecule has 2 aliphatic carbocycles. The molecule has 3 rings (SSSR count). The van der Waals surface area contributed by atoms with Crippen LogP contribution in [0.25, 0.3) is 0 Å². The number of hydrogen-bond acceptors (Lipinski definition) is 2. The molecule has 1 aromatic rings. The SMILES string of the molecule is O=C(O)c1ccc(CNC2CCCC23CCCC3)cc1. The van der Waals surface area contributed by atoms with Crippen molar-refractivity contribution in [2.75, 3.05) is 0 Å². The summed E-state index contributed by atoms with van der Waals surface area (Å²) < 4.78 is 0. The maximum Gasteiger partial charge on any atom is 0.335 e. The number of aromatic carboxylic acids is 1. The third-order valence-electron chi connectivity index (χ3n) is 5.26. The number of carboxylic acid groups (broad SMARTS) is 1. The zero-order chi connectivity index (χ0) is 14.0. The third-order valence-corrected chi connectivity index (χ3v) is 5.26. The van der Waals surface area contributed by atoms with E-state index in [1.165, 1.54) is 50.5 Å². The van der Waals surface area contributed by atoms with Crippen LogP contribution in [-0.4, -0.2) is 17.1 Å². The van der Waals surface area contributed by atoms with Crippen molar-refractivity contribution in [2.24, 2.45) is 5.41 Å². The van der Waals surface area contributed by atoms with Crippen LogP contribution in [0.1, 0.15) is 60.9 Å². The lowest BCUT2D eigenvalue weighted by Crippen LogP contribution is -2.39. The molecule has 1 atom stereocenters. The van der Waals surface area contributed by atoms with Crippen molar-refractivity contribution in [3.63, 3.8) is 0 Å². The van der Waals surface area contributed by atoms with E-state index < -0.39 is 5.97 Å². The van der Waals surface area contributed by atoms with Crippen LogP contribution in [0.15, 0.2) is 24.3 Å². The van der Waals surface area contributed by atoms with E-state index in [1.807, 2.05) is 12.1 Å². The molecule has 20 heavy (non-hydrogen) atoms. The standard InChI is InChI=1S/C17H23NO2/c19-16(20)14-7-5-13(6-8-14)12-18-15-4-3-11-17(15)9-1-2-10-17/h5-8,15,18H,1-4,9-12H2,(H,19,20). The molecular formula is C17H23NO2. The summed E-state index contributed by atoms with van der Waals surface area (Å²) in [5, 5.41) is 12.6. The average Bonchev–Trinajstić information content (AvgIpc) is 3.08. The molecule has 0 amide bonds. The van der Waals surface area contributed by atoms with Crippen LogP contribution in [0.5, 0.6) is 0 Å². The van der Waals surface area contributed by atoms with Gasteiger partial charge in [-0.15, -0.1) is 0 Å². The maximum atomic E-state index is 10.8. The molecule has 0 saturated heterocycles. The van der Waals surface area contributed by atoms with Gasteiger partial charge in [0.1, 0.15) is 0 Å². The van der Waals surface area contributed by atoms with Crippen molar-refractivity contribution in [3.8, 4) is 0 Å². The first-order chi connectivity index (χ1) is 9.70. The number of nitrogens with one attached hydrogen (secondary N) is 1. The molecule has 3 nitrogen and oxygen atoms in total. The fraction of sp³-hybridized carbons (Fsp3) is 0.588. The zero-order valence-electron chi connectivity index (χ0n) is 11.9. The molecule has 2 fully saturated rings. The van der Waals surface area contributed by atoms with Gasteiger partial charge in [0, 0.05) is 12.6 Å². The van der Waals surface area contributed by atoms with Gasteiger partial charge in [0.2, 0.25) is 0 Å². The van der Waals surface area contributed by atoms with E-state index in [0.29, 0.717) is 17.0 Å². The zero-order valence-corrected chi connectivity index (χ0v) is 11.9. The van der Waals surface area contributed by atoms with Gasteiger partial charge in [0.15, 0.2) is 0 Å². The largest absolute Gasteiger partial charge is 0.478 e. The molecular weight excluding hydrogens is 250 g/mol. The van der Waals surface area contributed by atoms with Crippen molar-refractivity contribution in [1.82, 2.24) is 5.32 Å². The molecule has 0 radical (unpaired) electrons. The first kappa shape index (κ1) is 13.6. The Morgan fingerprint density at radius 2 is 1.80 bits per heavy atom. The fourth-order valence-electron chi connectivity index (χ4n) is 4.14. The number of benzene rings is 1. The molecule has 1 aromatic carbocycles. The van der Waals surface area contributed by atoms with Gasteiger partial charge in [-0.2, -0.15) is 0 Å². The second kappa shape index (κ2) is 5.57. The summed E-state index contributed by atoms with van der Waals surface area (Å²) in [5.74, 6) is -0.856. The molecule has 1 spiro atoms. The smallest absolute Gasteiger partial charge is 0.335 e. The summed E-state index contributed by atoms with van der Waals surface area (Å²) in [6, 6.07) is 7.89. The van der Waals surface area contributed by atoms with Gasteiger partial charge < -0.3 is 10.4 Å². The number of hydrogen-bond donors (Lipinski definition) is 2. The first-order valence-electron chi connectivity index (χ1n) is 7.75. The molecule has 2 N–H and O–H groups in total. The Hall–Kier alpha value is -1.35. The van der Waals surface area contributed by atoms with Crippen LogP contribution in [0.4, 0.5) is 0 Å². The normalized spacial score (nSPS) is 24.3. The second-order valence-electron chi connectivity index (χ2n) is 6.40. The molecule has 0 aromatic heterocycles. The highest BCUT2D eigenvalue weighted by Gasteiger charge is 2.43. The van der Waals surface area contributed by atoms with Gasteiger partial charge in [-0.1, -0.05) is 31.4 Å². The molecule has 0 heterocycles. The van der Waals surface area contributed by atoms with Crippen LogP contribution in [-0.2, 0) is 6.54 Å². The summed E-state index contributed by atoms with van der Waals surface area (Å²) in [7, 11) is 0. The number of carbonyl (C=O) groups is 1. The quantitative estimate of drug-likeness (QED) is 0.881. The molecule has 3 heteroatoms. The van der Waals surface area contributed by atoms with Gasteiger partial charge in [-0.25, -0.2) is 4.79 Å². The highest BCUT2D eigenvalue weighted by atomic mass is 16.4. The third kappa shape index (κ3) is 2.59. The molecule has 0 bridgehead atoms. The van der Waals surface area contributed by atoms with E-state index in [2.05, 4.69) is 5.32 Å². The summed E-state index contributed by atoms with van der Waals surface area (Å²) in [5.41, 5.74) is 2.11. The Balaban J connectivity index is 1.60. The van der Waals surface area contributed by atoms with E-state index in [-0.39, 0.29) is 0 Å². The van der Waals surface area contributed by atoms with Crippen molar-refractivity contribution in [2.45, 2.75) is 57.5 Å². The van der Waals surface area contributed by atoms with Crippen molar-refractivity contribution in [1.29, 1.82) is 0 Å². The summed E-state index contributed by atoms with van der Waals surface area (Å²) >= 11 is 0. The second-order valence-corrected chi connectivity index (χ2v) is 6.40. The molecule has 108 valence electrons. The minimum Gasteiger partial charge on any atom is -0.478 e. The Kier molecular flexibility index (Phi) is 3.79. The average molecular weight is 273 g/mol. The summed E-state index contributed by atoms with van der Waals surface area (Å²) in [6.07, 6.45) is 9.62. The predicted octanol–water partition coefficient (Wildman–Crippen LogP) is 3.59. The fourth-order valence-corrected chi connectivity index (χ4v) is 4.14. The lowest BCUT2D eigenvalue weighted by Gasteiger charge is -2.32. The lowest BCUT2D eigenvalue weighted by atomic mass is 9.81. The number of carboxylic acids is 1. The highest BCUT2D eigenvalue weighted by Crippen LogP contribution is 2.50. The van der Waals surface area contributed by atoms with Crippen molar-refractivity contribution < 1.29 is 9.90 Å². The topological polar surface area (TPSA) is 49.3 Å². The van der Waals surface area contributed by atoms with E-state index in [1.54, 1.807) is 12.1 Å². The minimum absolute atomic E-state index is 0.363. The van der Waals surface area contributed by atoms with E-state index in [4.69, 9.17) is 5.11 Å². The summed E-state index contributed by atoms with van der Waals surface area (Å²) in [6.45, 7) is 0.853. The minimum atomic E-state index is -0.856. The van der Waals surface area contributed by atoms with Gasteiger partial charge in [-0.05, 0) is 48.8 Å². The van der Waals surface area contributed by atoms with Crippen molar-refractivity contribution >= 4 is 5.97 Å². The van der Waals surface area contributed by atoms with Crippen molar-refractivity contribution in [3.05, 3.63) is 35.4 Å². The monoisotopic (exact) mass is 273 g/mol. The molecule has 0 aliphatic heterocycles.